The molecule has 0 aromatic carbocycles. The molecule has 0 saturated carbocycles. The van der Waals surface area contributed by atoms with Gasteiger partial charge in [0.05, 0.1) is 18.3 Å². The van der Waals surface area contributed by atoms with Gasteiger partial charge in [0.25, 0.3) is 0 Å². The number of hydrogen-bond acceptors (Lipinski definition) is 4. The summed E-state index contributed by atoms with van der Waals surface area (Å²) in [5.74, 6) is 0. The van der Waals surface area contributed by atoms with Gasteiger partial charge in [0.15, 0.2) is 0 Å². The molecule has 0 amide bonds. The van der Waals surface area contributed by atoms with Gasteiger partial charge in [-0.05, 0) is 20.4 Å². The van der Waals surface area contributed by atoms with Crippen molar-refractivity contribution in [2.45, 2.75) is 39.1 Å². The summed E-state index contributed by atoms with van der Waals surface area (Å²) in [6.07, 6.45) is 0.280. The van der Waals surface area contributed by atoms with Crippen LogP contribution in [-0.4, -0.2) is 61.0 Å². The van der Waals surface area contributed by atoms with Gasteiger partial charge < -0.3 is 15.2 Å². The highest BCUT2D eigenvalue weighted by molar-refractivity contribution is 4.75. The second-order valence-electron chi connectivity index (χ2n) is 4.44. The Morgan fingerprint density at radius 1 is 1.40 bits per heavy atom. The molecule has 4 heteroatoms. The summed E-state index contributed by atoms with van der Waals surface area (Å²) < 4.78 is 5.64. The number of hydrogen-bond donors (Lipinski definition) is 2. The largest absolute Gasteiger partial charge is 0.390 e. The van der Waals surface area contributed by atoms with Crippen LogP contribution in [0.1, 0.15) is 20.8 Å². The van der Waals surface area contributed by atoms with E-state index in [2.05, 4.69) is 24.1 Å². The lowest BCUT2D eigenvalue weighted by Crippen LogP contribution is -2.49. The highest BCUT2D eigenvalue weighted by Crippen LogP contribution is 2.10. The minimum Gasteiger partial charge on any atom is -0.390 e. The van der Waals surface area contributed by atoms with Crippen molar-refractivity contribution in [3.05, 3.63) is 0 Å². The minimum absolute atomic E-state index is 0.276. The molecule has 1 aliphatic heterocycles. The molecule has 1 rings (SSSR count). The Morgan fingerprint density at radius 3 is 2.53 bits per heavy atom. The molecule has 0 aromatic heterocycles. The van der Waals surface area contributed by atoms with E-state index in [9.17, 15) is 5.11 Å². The maximum atomic E-state index is 9.76. The molecular weight excluding hydrogens is 192 g/mol. The van der Waals surface area contributed by atoms with E-state index in [1.54, 1.807) is 0 Å². The van der Waals surface area contributed by atoms with Crippen molar-refractivity contribution in [2.75, 3.05) is 32.7 Å². The second kappa shape index (κ2) is 6.43. The van der Waals surface area contributed by atoms with Crippen LogP contribution < -0.4 is 5.32 Å². The first-order valence-corrected chi connectivity index (χ1v) is 5.88. The highest BCUT2D eigenvalue weighted by atomic mass is 16.5. The number of β-amino-alcohol motifs (C(OH)–C–C–N with tert-alkyl or cyclic N) is 1. The van der Waals surface area contributed by atoms with Crippen molar-refractivity contribution in [3.8, 4) is 0 Å². The minimum atomic E-state index is -0.276. The van der Waals surface area contributed by atoms with E-state index in [0.717, 1.165) is 26.2 Å². The number of nitrogens with one attached hydrogen (secondary N) is 1. The van der Waals surface area contributed by atoms with Gasteiger partial charge in [0, 0.05) is 26.2 Å². The van der Waals surface area contributed by atoms with Crippen molar-refractivity contribution in [1.82, 2.24) is 10.2 Å². The zero-order valence-corrected chi connectivity index (χ0v) is 10.1. The number of morpholine rings is 1. The van der Waals surface area contributed by atoms with Gasteiger partial charge in [-0.2, -0.15) is 0 Å². The number of aliphatic hydroxyl groups excluding tert-OH is 1. The van der Waals surface area contributed by atoms with Crippen LogP contribution in [0.4, 0.5) is 0 Å². The van der Waals surface area contributed by atoms with Crippen LogP contribution in [0, 0.1) is 0 Å². The summed E-state index contributed by atoms with van der Waals surface area (Å²) in [6, 6.07) is 0. The zero-order valence-electron chi connectivity index (χ0n) is 10.1. The third-order valence-electron chi connectivity index (χ3n) is 2.59. The fourth-order valence-corrected chi connectivity index (χ4v) is 2.11. The molecule has 0 radical (unpaired) electrons. The molecule has 0 aromatic rings. The molecular formula is C11H24N2O2. The van der Waals surface area contributed by atoms with Crippen molar-refractivity contribution >= 4 is 0 Å². The predicted octanol–water partition coefficient (Wildman–Crippen LogP) is 0.0660. The molecule has 3 unspecified atom stereocenters. The fraction of sp³-hybridized carbons (Fsp3) is 1.00. The molecule has 2 N–H and O–H groups in total. The van der Waals surface area contributed by atoms with E-state index in [0.29, 0.717) is 6.54 Å². The van der Waals surface area contributed by atoms with Crippen LogP contribution in [-0.2, 0) is 4.74 Å². The van der Waals surface area contributed by atoms with Gasteiger partial charge >= 0.3 is 0 Å². The molecule has 1 saturated heterocycles. The van der Waals surface area contributed by atoms with E-state index in [-0.39, 0.29) is 18.3 Å². The summed E-state index contributed by atoms with van der Waals surface area (Å²) in [4.78, 5) is 2.28. The third kappa shape index (κ3) is 4.93. The Balaban J connectivity index is 2.24. The standard InChI is InChI=1S/C11H24N2O2/c1-4-12-5-11(14)8-13-6-9(2)15-10(3)7-13/h9-12,14H,4-8H2,1-3H3. The zero-order chi connectivity index (χ0) is 11.3. The van der Waals surface area contributed by atoms with Crippen molar-refractivity contribution in [2.24, 2.45) is 0 Å². The molecule has 3 atom stereocenters. The maximum absolute atomic E-state index is 9.76. The highest BCUT2D eigenvalue weighted by Gasteiger charge is 2.23. The number of ether oxygens (including phenoxy) is 1. The van der Waals surface area contributed by atoms with Crippen LogP contribution in [0.2, 0.25) is 0 Å². The van der Waals surface area contributed by atoms with Gasteiger partial charge in [-0.3, -0.25) is 4.90 Å². The van der Waals surface area contributed by atoms with Gasteiger partial charge in [0.1, 0.15) is 0 Å². The first kappa shape index (κ1) is 12.9. The topological polar surface area (TPSA) is 44.7 Å². The van der Waals surface area contributed by atoms with Crippen LogP contribution in [0.5, 0.6) is 0 Å². The number of rotatable bonds is 5. The molecule has 0 bridgehead atoms. The maximum Gasteiger partial charge on any atom is 0.0791 e. The summed E-state index contributed by atoms with van der Waals surface area (Å²) in [6.45, 7) is 10.4. The number of likely N-dealkylation sites (N-methyl/N-ethyl adjacent to an activating group) is 1. The molecule has 0 aliphatic carbocycles. The normalized spacial score (nSPS) is 30.4. The van der Waals surface area contributed by atoms with Crippen LogP contribution >= 0.6 is 0 Å². The molecule has 4 nitrogen and oxygen atoms in total. The SMILES string of the molecule is CCNCC(O)CN1CC(C)OC(C)C1. The Bertz CT molecular complexity index is 168. The average molecular weight is 216 g/mol. The lowest BCUT2D eigenvalue weighted by molar-refractivity contribution is -0.0761. The number of aliphatic hydroxyl groups is 1. The molecule has 1 fully saturated rings. The summed E-state index contributed by atoms with van der Waals surface area (Å²) in [5.41, 5.74) is 0. The quantitative estimate of drug-likeness (QED) is 0.682. The van der Waals surface area contributed by atoms with Gasteiger partial charge in [-0.25, -0.2) is 0 Å². The Hall–Kier alpha value is -0.160. The molecule has 15 heavy (non-hydrogen) atoms. The summed E-state index contributed by atoms with van der Waals surface area (Å²) in [5, 5.41) is 12.9. The molecule has 90 valence electrons. The van der Waals surface area contributed by atoms with Gasteiger partial charge in [-0.15, -0.1) is 0 Å². The Labute approximate surface area is 92.6 Å². The molecule has 1 heterocycles. The van der Waals surface area contributed by atoms with E-state index in [1.165, 1.54) is 0 Å². The second-order valence-corrected chi connectivity index (χ2v) is 4.44. The lowest BCUT2D eigenvalue weighted by atomic mass is 10.2. The predicted molar refractivity (Wildman–Crippen MR) is 61.0 cm³/mol. The van der Waals surface area contributed by atoms with E-state index >= 15 is 0 Å². The monoisotopic (exact) mass is 216 g/mol. The van der Waals surface area contributed by atoms with E-state index < -0.39 is 0 Å². The van der Waals surface area contributed by atoms with Crippen LogP contribution in [0.3, 0.4) is 0 Å². The Morgan fingerprint density at radius 2 is 2.00 bits per heavy atom. The van der Waals surface area contributed by atoms with E-state index in [1.807, 2.05) is 6.92 Å². The van der Waals surface area contributed by atoms with E-state index in [4.69, 9.17) is 4.74 Å². The molecule has 0 spiro atoms. The third-order valence-corrected chi connectivity index (χ3v) is 2.59. The van der Waals surface area contributed by atoms with Crippen molar-refractivity contribution in [1.29, 1.82) is 0 Å². The molecule has 1 aliphatic rings. The fourth-order valence-electron chi connectivity index (χ4n) is 2.11. The number of nitrogens with zero attached hydrogens (tertiary/aromatic N) is 1. The van der Waals surface area contributed by atoms with Crippen LogP contribution in [0.15, 0.2) is 0 Å². The average Bonchev–Trinajstić information content (AvgIpc) is 2.13. The van der Waals surface area contributed by atoms with Gasteiger partial charge in [0.2, 0.25) is 0 Å². The lowest BCUT2D eigenvalue weighted by Gasteiger charge is -2.36. The first-order chi connectivity index (χ1) is 7.11. The van der Waals surface area contributed by atoms with Crippen LogP contribution in [0.25, 0.3) is 0 Å². The summed E-state index contributed by atoms with van der Waals surface area (Å²) >= 11 is 0. The summed E-state index contributed by atoms with van der Waals surface area (Å²) in [7, 11) is 0. The Kier molecular flexibility index (Phi) is 5.53. The van der Waals surface area contributed by atoms with Crippen molar-refractivity contribution in [3.63, 3.8) is 0 Å². The first-order valence-electron chi connectivity index (χ1n) is 5.88. The van der Waals surface area contributed by atoms with Gasteiger partial charge in [-0.1, -0.05) is 6.92 Å². The smallest absolute Gasteiger partial charge is 0.0791 e. The van der Waals surface area contributed by atoms with Crippen molar-refractivity contribution < 1.29 is 9.84 Å².